The lowest BCUT2D eigenvalue weighted by Crippen LogP contribution is -2.43. The molecule has 76 valence electrons. The minimum Gasteiger partial charge on any atom is -0.423 e. The lowest BCUT2D eigenvalue weighted by molar-refractivity contribution is -0.111. The lowest BCUT2D eigenvalue weighted by Gasteiger charge is -2.37. The van der Waals surface area contributed by atoms with Gasteiger partial charge in [-0.2, -0.15) is 5.10 Å². The number of hydrogen-bond donors (Lipinski definition) is 2. The fourth-order valence-electron chi connectivity index (χ4n) is 1.53. The van der Waals surface area contributed by atoms with E-state index in [-0.39, 0.29) is 5.41 Å². The second-order valence-corrected chi connectivity index (χ2v) is 4.15. The molecule has 0 aliphatic carbocycles. The second-order valence-electron chi connectivity index (χ2n) is 4.15. The average Bonchev–Trinajstić information content (AvgIpc) is 2.50. The van der Waals surface area contributed by atoms with E-state index in [0.29, 0.717) is 5.46 Å². The highest BCUT2D eigenvalue weighted by molar-refractivity contribution is 6.58. The van der Waals surface area contributed by atoms with Crippen molar-refractivity contribution in [2.24, 2.45) is 5.41 Å². The average molecular weight is 196 g/mol. The molecular formula is C8H13BN2O3. The summed E-state index contributed by atoms with van der Waals surface area (Å²) in [5, 5.41) is 21.8. The van der Waals surface area contributed by atoms with Crippen molar-refractivity contribution < 1.29 is 14.8 Å². The number of nitrogens with zero attached hydrogens (tertiary/aromatic N) is 2. The largest absolute Gasteiger partial charge is 0.491 e. The Kier molecular flexibility index (Phi) is 2.34. The molecule has 0 aromatic carbocycles. The maximum absolute atomic E-state index is 8.88. The molecule has 0 amide bonds. The predicted octanol–water partition coefficient (Wildman–Crippen LogP) is -1.40. The summed E-state index contributed by atoms with van der Waals surface area (Å²) >= 11 is 0. The molecule has 1 fully saturated rings. The zero-order chi connectivity index (χ0) is 10.2. The van der Waals surface area contributed by atoms with Crippen molar-refractivity contribution >= 4 is 12.6 Å². The number of rotatable bonds is 3. The summed E-state index contributed by atoms with van der Waals surface area (Å²) in [6, 6.07) is 0. The van der Waals surface area contributed by atoms with Crippen LogP contribution >= 0.6 is 0 Å². The monoisotopic (exact) mass is 196 g/mol. The van der Waals surface area contributed by atoms with Crippen molar-refractivity contribution in [2.45, 2.75) is 13.5 Å². The van der Waals surface area contributed by atoms with E-state index in [4.69, 9.17) is 14.8 Å². The van der Waals surface area contributed by atoms with Gasteiger partial charge in [0, 0.05) is 23.3 Å². The fraction of sp³-hybridized carbons (Fsp3) is 0.625. The maximum atomic E-state index is 8.88. The van der Waals surface area contributed by atoms with Gasteiger partial charge in [0.25, 0.3) is 0 Å². The fourth-order valence-corrected chi connectivity index (χ4v) is 1.53. The predicted molar refractivity (Wildman–Crippen MR) is 51.0 cm³/mol. The minimum absolute atomic E-state index is 0.143. The third-order valence-electron chi connectivity index (χ3n) is 2.40. The zero-order valence-electron chi connectivity index (χ0n) is 8.05. The molecule has 0 radical (unpaired) electrons. The molecule has 14 heavy (non-hydrogen) atoms. The van der Waals surface area contributed by atoms with Crippen molar-refractivity contribution in [3.05, 3.63) is 12.4 Å². The second kappa shape index (κ2) is 3.38. The summed E-state index contributed by atoms with van der Waals surface area (Å²) in [5.74, 6) is 0. The molecule has 1 aromatic rings. The Hall–Kier alpha value is -0.845. The van der Waals surface area contributed by atoms with Gasteiger partial charge in [0.15, 0.2) is 0 Å². The third kappa shape index (κ3) is 1.82. The van der Waals surface area contributed by atoms with E-state index < -0.39 is 7.12 Å². The Bertz CT molecular complexity index is 322. The molecule has 6 heteroatoms. The first kappa shape index (κ1) is 9.70. The Morgan fingerprint density at radius 2 is 2.36 bits per heavy atom. The van der Waals surface area contributed by atoms with Crippen molar-refractivity contribution in [2.75, 3.05) is 13.2 Å². The number of hydrogen-bond acceptors (Lipinski definition) is 4. The summed E-state index contributed by atoms with van der Waals surface area (Å²) in [6.07, 6.45) is 3.11. The summed E-state index contributed by atoms with van der Waals surface area (Å²) in [7, 11) is -1.44. The van der Waals surface area contributed by atoms with Crippen molar-refractivity contribution in [1.82, 2.24) is 9.78 Å². The SMILES string of the molecule is CC1(Cn2cc(B(O)O)cn2)COC1. The van der Waals surface area contributed by atoms with Crippen molar-refractivity contribution in [3.63, 3.8) is 0 Å². The normalized spacial score (nSPS) is 19.1. The van der Waals surface area contributed by atoms with E-state index in [2.05, 4.69) is 12.0 Å². The summed E-state index contributed by atoms with van der Waals surface area (Å²) in [6.45, 7) is 4.35. The molecule has 0 saturated carbocycles. The van der Waals surface area contributed by atoms with Gasteiger partial charge in [-0.05, 0) is 0 Å². The van der Waals surface area contributed by atoms with Gasteiger partial charge >= 0.3 is 7.12 Å². The first-order chi connectivity index (χ1) is 6.59. The molecule has 1 saturated heterocycles. The molecule has 2 heterocycles. The van der Waals surface area contributed by atoms with Crippen molar-refractivity contribution in [1.29, 1.82) is 0 Å². The quantitative estimate of drug-likeness (QED) is 0.583. The highest BCUT2D eigenvalue weighted by Crippen LogP contribution is 2.27. The van der Waals surface area contributed by atoms with E-state index in [1.807, 2.05) is 0 Å². The highest BCUT2D eigenvalue weighted by Gasteiger charge is 2.34. The smallest absolute Gasteiger partial charge is 0.423 e. The Balaban J connectivity index is 2.02. The standard InChI is InChI=1S/C8H13BN2O3/c1-8(5-14-6-8)4-11-3-7(2-10-11)9(12)13/h2-3,12-13H,4-6H2,1H3. The van der Waals surface area contributed by atoms with Gasteiger partial charge in [-0.15, -0.1) is 0 Å². The first-order valence-corrected chi connectivity index (χ1v) is 4.55. The van der Waals surface area contributed by atoms with Crippen LogP contribution in [0.1, 0.15) is 6.92 Å². The minimum atomic E-state index is -1.44. The highest BCUT2D eigenvalue weighted by atomic mass is 16.5. The van der Waals surface area contributed by atoms with Crippen LogP contribution in [0.5, 0.6) is 0 Å². The van der Waals surface area contributed by atoms with Crippen molar-refractivity contribution in [3.8, 4) is 0 Å². The molecule has 2 N–H and O–H groups in total. The van der Waals surface area contributed by atoms with Gasteiger partial charge in [-0.1, -0.05) is 6.92 Å². The first-order valence-electron chi connectivity index (χ1n) is 4.55. The summed E-state index contributed by atoms with van der Waals surface area (Å²) in [5.41, 5.74) is 0.567. The molecule has 0 bridgehead atoms. The van der Waals surface area contributed by atoms with Gasteiger partial charge in [-0.25, -0.2) is 0 Å². The van der Waals surface area contributed by atoms with Gasteiger partial charge in [0.05, 0.1) is 19.8 Å². The summed E-state index contributed by atoms with van der Waals surface area (Å²) < 4.78 is 6.84. The molecule has 1 aromatic heterocycles. The number of aromatic nitrogens is 2. The van der Waals surface area contributed by atoms with Gasteiger partial charge < -0.3 is 14.8 Å². The van der Waals surface area contributed by atoms with Crippen LogP contribution < -0.4 is 5.46 Å². The molecule has 1 aliphatic heterocycles. The van der Waals surface area contributed by atoms with Crippen LogP contribution in [-0.4, -0.2) is 40.2 Å². The van der Waals surface area contributed by atoms with E-state index in [0.717, 1.165) is 19.8 Å². The molecular weight excluding hydrogens is 183 g/mol. The lowest BCUT2D eigenvalue weighted by atomic mass is 9.83. The van der Waals surface area contributed by atoms with Crippen LogP contribution in [0.25, 0.3) is 0 Å². The molecule has 2 rings (SSSR count). The Morgan fingerprint density at radius 1 is 1.64 bits per heavy atom. The molecule has 0 unspecified atom stereocenters. The van der Waals surface area contributed by atoms with Crippen LogP contribution in [0.15, 0.2) is 12.4 Å². The van der Waals surface area contributed by atoms with Crippen LogP contribution in [0, 0.1) is 5.41 Å². The maximum Gasteiger partial charge on any atom is 0.491 e. The van der Waals surface area contributed by atoms with Crippen LogP contribution in [0.2, 0.25) is 0 Å². The van der Waals surface area contributed by atoms with Crippen LogP contribution in [0.3, 0.4) is 0 Å². The summed E-state index contributed by atoms with van der Waals surface area (Å²) in [4.78, 5) is 0. The Morgan fingerprint density at radius 3 is 2.79 bits per heavy atom. The van der Waals surface area contributed by atoms with Crippen LogP contribution in [-0.2, 0) is 11.3 Å². The van der Waals surface area contributed by atoms with Gasteiger partial charge in [-0.3, -0.25) is 4.68 Å². The third-order valence-corrected chi connectivity index (χ3v) is 2.40. The Labute approximate surface area is 82.5 Å². The number of ether oxygens (including phenoxy) is 1. The molecule has 5 nitrogen and oxygen atoms in total. The molecule has 0 atom stereocenters. The van der Waals surface area contributed by atoms with Crippen LogP contribution in [0.4, 0.5) is 0 Å². The molecule has 1 aliphatic rings. The zero-order valence-corrected chi connectivity index (χ0v) is 8.05. The van der Waals surface area contributed by atoms with E-state index in [9.17, 15) is 0 Å². The van der Waals surface area contributed by atoms with E-state index in [1.165, 1.54) is 6.20 Å². The topological polar surface area (TPSA) is 67.5 Å². The van der Waals surface area contributed by atoms with E-state index >= 15 is 0 Å². The van der Waals surface area contributed by atoms with E-state index in [1.54, 1.807) is 10.9 Å². The van der Waals surface area contributed by atoms with Gasteiger partial charge in [0.2, 0.25) is 0 Å². The molecule has 0 spiro atoms. The van der Waals surface area contributed by atoms with Gasteiger partial charge in [0.1, 0.15) is 0 Å².